The van der Waals surface area contributed by atoms with Gasteiger partial charge in [0.2, 0.25) is 5.95 Å². The molecule has 0 aliphatic carbocycles. The van der Waals surface area contributed by atoms with Gasteiger partial charge in [-0.25, -0.2) is 4.98 Å². The molecule has 1 rings (SSSR count). The third-order valence-corrected chi connectivity index (χ3v) is 2.04. The van der Waals surface area contributed by atoms with Crippen molar-refractivity contribution < 1.29 is 14.6 Å². The van der Waals surface area contributed by atoms with Crippen molar-refractivity contribution in [3.63, 3.8) is 0 Å². The van der Waals surface area contributed by atoms with Crippen molar-refractivity contribution in [3.05, 3.63) is 40.3 Å². The molecular formula is C9H11FN4O2. The fourth-order valence-corrected chi connectivity index (χ4v) is 1.22. The van der Waals surface area contributed by atoms with Crippen LogP contribution in [-0.4, -0.2) is 27.8 Å². The highest BCUT2D eigenvalue weighted by molar-refractivity contribution is 5.15. The van der Waals surface area contributed by atoms with E-state index in [1.54, 1.807) is 0 Å². The summed E-state index contributed by atoms with van der Waals surface area (Å²) in [5.41, 5.74) is 8.26. The minimum Gasteiger partial charge on any atom is -0.390 e. The van der Waals surface area contributed by atoms with Crippen LogP contribution in [0.4, 0.5) is 4.39 Å². The Balaban J connectivity index is 2.62. The molecule has 6 nitrogen and oxygen atoms in total. The van der Waals surface area contributed by atoms with E-state index in [9.17, 15) is 14.6 Å². The molecule has 1 heterocycles. The Hall–Kier alpha value is -1.69. The third kappa shape index (κ3) is 3.47. The molecule has 2 atom stereocenters. The first-order valence-electron chi connectivity index (χ1n) is 4.63. The maximum Gasteiger partial charge on any atom is 0.213 e. The molecule has 7 heteroatoms. The second-order valence-electron chi connectivity index (χ2n) is 3.17. The molecule has 0 fully saturated rings. The average Bonchev–Trinajstić information content (AvgIpc) is 2.28. The van der Waals surface area contributed by atoms with E-state index in [4.69, 9.17) is 5.53 Å². The van der Waals surface area contributed by atoms with E-state index in [2.05, 4.69) is 15.0 Å². The van der Waals surface area contributed by atoms with Gasteiger partial charge >= 0.3 is 0 Å². The molecule has 0 saturated carbocycles. The van der Waals surface area contributed by atoms with Gasteiger partial charge in [-0.05, 0) is 29.6 Å². The van der Waals surface area contributed by atoms with Crippen molar-refractivity contribution in [2.24, 2.45) is 5.11 Å². The minimum absolute atomic E-state index is 0.0717. The number of hydrogen-bond acceptors (Lipinski definition) is 4. The van der Waals surface area contributed by atoms with Gasteiger partial charge in [0.05, 0.1) is 6.10 Å². The summed E-state index contributed by atoms with van der Waals surface area (Å²) in [6.45, 7) is 0.0717. The number of aliphatic hydroxyl groups is 2. The summed E-state index contributed by atoms with van der Waals surface area (Å²) >= 11 is 0. The Bertz CT molecular complexity index is 395. The maximum absolute atomic E-state index is 12.7. The van der Waals surface area contributed by atoms with E-state index < -0.39 is 18.2 Å². The highest BCUT2D eigenvalue weighted by Crippen LogP contribution is 2.18. The van der Waals surface area contributed by atoms with E-state index in [1.807, 2.05) is 0 Å². The van der Waals surface area contributed by atoms with Gasteiger partial charge in [0, 0.05) is 17.7 Å². The summed E-state index contributed by atoms with van der Waals surface area (Å²) in [6.07, 6.45) is -1.01. The molecular weight excluding hydrogens is 215 g/mol. The summed E-state index contributed by atoms with van der Waals surface area (Å²) in [6, 6.07) is 2.45. The van der Waals surface area contributed by atoms with Crippen molar-refractivity contribution in [2.45, 2.75) is 18.6 Å². The van der Waals surface area contributed by atoms with Gasteiger partial charge in [-0.2, -0.15) is 4.39 Å². The highest BCUT2D eigenvalue weighted by Gasteiger charge is 2.18. The standard InChI is InChI=1S/C9H11FN4O2/c10-8-5-6(1-3-12-8)9(16)7(15)2-4-13-14-11/h1,3,5,7,9,15-16H,2,4H2. The second kappa shape index (κ2) is 6.02. The summed E-state index contributed by atoms with van der Waals surface area (Å²) < 4.78 is 12.7. The molecule has 1 aromatic rings. The van der Waals surface area contributed by atoms with Gasteiger partial charge in [-0.3, -0.25) is 0 Å². The molecule has 0 aromatic carbocycles. The number of rotatable bonds is 5. The first-order chi connectivity index (χ1) is 7.65. The summed E-state index contributed by atoms with van der Waals surface area (Å²) in [4.78, 5) is 5.85. The number of azide groups is 1. The number of aliphatic hydroxyl groups excluding tert-OH is 2. The van der Waals surface area contributed by atoms with Crippen molar-refractivity contribution in [1.82, 2.24) is 4.98 Å². The molecule has 0 saturated heterocycles. The van der Waals surface area contributed by atoms with Gasteiger partial charge in [0.15, 0.2) is 0 Å². The van der Waals surface area contributed by atoms with Crippen LogP contribution < -0.4 is 0 Å². The lowest BCUT2D eigenvalue weighted by Gasteiger charge is -2.16. The van der Waals surface area contributed by atoms with Crippen LogP contribution in [0.5, 0.6) is 0 Å². The van der Waals surface area contributed by atoms with Crippen molar-refractivity contribution in [3.8, 4) is 0 Å². The van der Waals surface area contributed by atoms with E-state index in [-0.39, 0.29) is 18.5 Å². The van der Waals surface area contributed by atoms with Crippen molar-refractivity contribution in [2.75, 3.05) is 6.54 Å². The zero-order valence-electron chi connectivity index (χ0n) is 8.36. The third-order valence-electron chi connectivity index (χ3n) is 2.04. The molecule has 0 aliphatic heterocycles. The summed E-state index contributed by atoms with van der Waals surface area (Å²) in [5, 5.41) is 22.4. The molecule has 16 heavy (non-hydrogen) atoms. The summed E-state index contributed by atoms with van der Waals surface area (Å²) in [7, 11) is 0. The summed E-state index contributed by atoms with van der Waals surface area (Å²) in [5.74, 6) is -0.723. The Morgan fingerprint density at radius 3 is 2.94 bits per heavy atom. The van der Waals surface area contributed by atoms with E-state index in [0.29, 0.717) is 0 Å². The molecule has 0 spiro atoms. The van der Waals surface area contributed by atoms with Gasteiger partial charge in [-0.15, -0.1) is 0 Å². The number of halogens is 1. The van der Waals surface area contributed by atoms with Crippen LogP contribution in [0.25, 0.3) is 10.4 Å². The van der Waals surface area contributed by atoms with E-state index >= 15 is 0 Å². The van der Waals surface area contributed by atoms with Gasteiger partial charge < -0.3 is 10.2 Å². The number of aromatic nitrogens is 1. The lowest BCUT2D eigenvalue weighted by atomic mass is 10.0. The lowest BCUT2D eigenvalue weighted by molar-refractivity contribution is 0.0148. The predicted octanol–water partition coefficient (Wildman–Crippen LogP) is 1.32. The van der Waals surface area contributed by atoms with Crippen LogP contribution in [0.1, 0.15) is 18.1 Å². The van der Waals surface area contributed by atoms with Gasteiger partial charge in [0.1, 0.15) is 6.10 Å². The Labute approximate surface area is 91.0 Å². The Morgan fingerprint density at radius 2 is 2.31 bits per heavy atom. The zero-order chi connectivity index (χ0) is 12.0. The smallest absolute Gasteiger partial charge is 0.213 e. The quantitative estimate of drug-likeness (QED) is 0.342. The molecule has 86 valence electrons. The molecule has 0 bridgehead atoms. The first kappa shape index (κ1) is 12.4. The van der Waals surface area contributed by atoms with Crippen LogP contribution in [0.15, 0.2) is 23.4 Å². The fourth-order valence-electron chi connectivity index (χ4n) is 1.22. The van der Waals surface area contributed by atoms with Crippen LogP contribution in [0.2, 0.25) is 0 Å². The van der Waals surface area contributed by atoms with Crippen LogP contribution in [-0.2, 0) is 0 Å². The largest absolute Gasteiger partial charge is 0.390 e. The number of nitrogens with zero attached hydrogens (tertiary/aromatic N) is 4. The van der Waals surface area contributed by atoms with Gasteiger partial charge in [0.25, 0.3) is 0 Å². The molecule has 2 unspecified atom stereocenters. The normalized spacial score (nSPS) is 13.9. The number of hydrogen-bond donors (Lipinski definition) is 2. The monoisotopic (exact) mass is 226 g/mol. The fraction of sp³-hybridized carbons (Fsp3) is 0.444. The second-order valence-corrected chi connectivity index (χ2v) is 3.17. The van der Waals surface area contributed by atoms with Crippen LogP contribution in [0.3, 0.4) is 0 Å². The maximum atomic E-state index is 12.7. The van der Waals surface area contributed by atoms with Crippen LogP contribution in [0, 0.1) is 5.95 Å². The molecule has 0 radical (unpaired) electrons. The SMILES string of the molecule is [N-]=[N+]=NCCC(O)C(O)c1ccnc(F)c1. The molecule has 2 N–H and O–H groups in total. The van der Waals surface area contributed by atoms with Crippen molar-refractivity contribution >= 4 is 0 Å². The van der Waals surface area contributed by atoms with Crippen molar-refractivity contribution in [1.29, 1.82) is 0 Å². The first-order valence-corrected chi connectivity index (χ1v) is 4.63. The molecule has 1 aromatic heterocycles. The topological polar surface area (TPSA) is 102 Å². The highest BCUT2D eigenvalue weighted by atomic mass is 19.1. The van der Waals surface area contributed by atoms with E-state index in [1.165, 1.54) is 12.3 Å². The lowest BCUT2D eigenvalue weighted by Crippen LogP contribution is -2.19. The van der Waals surface area contributed by atoms with E-state index in [0.717, 1.165) is 6.07 Å². The number of pyridine rings is 1. The Morgan fingerprint density at radius 1 is 1.56 bits per heavy atom. The minimum atomic E-state index is -1.22. The molecule has 0 amide bonds. The zero-order valence-corrected chi connectivity index (χ0v) is 8.36. The van der Waals surface area contributed by atoms with Crippen LogP contribution >= 0.6 is 0 Å². The van der Waals surface area contributed by atoms with Gasteiger partial charge in [-0.1, -0.05) is 5.11 Å². The Kier molecular flexibility index (Phi) is 4.65. The average molecular weight is 226 g/mol. The predicted molar refractivity (Wildman–Crippen MR) is 53.8 cm³/mol. The molecule has 0 aliphatic rings.